The lowest BCUT2D eigenvalue weighted by Gasteiger charge is -2.20. The Balaban J connectivity index is 1.50. The van der Waals surface area contributed by atoms with E-state index in [0.29, 0.717) is 33.1 Å². The molecule has 0 aliphatic rings. The maximum Gasteiger partial charge on any atom is 0.275 e. The van der Waals surface area contributed by atoms with E-state index in [1.807, 2.05) is 13.8 Å². The van der Waals surface area contributed by atoms with Crippen molar-refractivity contribution in [2.24, 2.45) is 11.0 Å². The lowest BCUT2D eigenvalue weighted by Crippen LogP contribution is -2.31. The lowest BCUT2D eigenvalue weighted by molar-refractivity contribution is 0.0925. The minimum absolute atomic E-state index is 0.0114. The van der Waals surface area contributed by atoms with E-state index in [9.17, 15) is 14.4 Å². The number of azide groups is 1. The van der Waals surface area contributed by atoms with Gasteiger partial charge in [0.05, 0.1) is 11.7 Å². The summed E-state index contributed by atoms with van der Waals surface area (Å²) in [6, 6.07) is 19.6. The second-order valence-electron chi connectivity index (χ2n) is 8.84. The maximum absolute atomic E-state index is 13.1. The number of carbonyl (C=O) groups is 3. The molecule has 2 N–H and O–H groups in total. The third-order valence-electron chi connectivity index (χ3n) is 5.79. The molecule has 0 saturated heterocycles. The Hall–Kier alpha value is -4.31. The van der Waals surface area contributed by atoms with Crippen molar-refractivity contribution in [2.45, 2.75) is 19.9 Å². The number of ketones is 1. The van der Waals surface area contributed by atoms with Crippen LogP contribution in [0.15, 0.2) is 87.8 Å². The van der Waals surface area contributed by atoms with E-state index >= 15 is 0 Å². The van der Waals surface area contributed by atoms with Gasteiger partial charge in [0.15, 0.2) is 5.78 Å². The number of aromatic nitrogens is 1. The van der Waals surface area contributed by atoms with Gasteiger partial charge in [-0.15, -0.1) is 11.3 Å². The van der Waals surface area contributed by atoms with E-state index in [-0.39, 0.29) is 23.3 Å². The summed E-state index contributed by atoms with van der Waals surface area (Å²) >= 11 is 4.63. The molecule has 1 atom stereocenters. The van der Waals surface area contributed by atoms with Crippen molar-refractivity contribution in [2.75, 3.05) is 5.32 Å². The molecule has 0 aliphatic heterocycles. The molecule has 196 valence electrons. The molecule has 0 spiro atoms. The van der Waals surface area contributed by atoms with Gasteiger partial charge in [-0.05, 0) is 60.0 Å². The molecular weight excluding hydrogens is 580 g/mol. The van der Waals surface area contributed by atoms with Gasteiger partial charge in [0.2, 0.25) is 0 Å². The third kappa shape index (κ3) is 6.77. The van der Waals surface area contributed by atoms with Gasteiger partial charge in [-0.25, -0.2) is 4.98 Å². The third-order valence-corrected chi connectivity index (χ3v) is 7.25. The molecule has 11 heteroatoms. The van der Waals surface area contributed by atoms with E-state index in [1.54, 1.807) is 78.2 Å². The summed E-state index contributed by atoms with van der Waals surface area (Å²) in [6.07, 6.45) is 0. The van der Waals surface area contributed by atoms with Crippen LogP contribution in [0.5, 0.6) is 0 Å². The quantitative estimate of drug-likeness (QED) is 0.0888. The van der Waals surface area contributed by atoms with Crippen LogP contribution in [0.1, 0.15) is 61.7 Å². The number of halogens is 1. The molecule has 0 radical (unpaired) electrons. The second-order valence-corrected chi connectivity index (χ2v) is 10.6. The minimum Gasteiger partial charge on any atom is -0.343 e. The first-order chi connectivity index (χ1) is 18.8. The Morgan fingerprint density at radius 1 is 0.949 bits per heavy atom. The van der Waals surface area contributed by atoms with E-state index in [2.05, 4.69) is 41.6 Å². The Morgan fingerprint density at radius 3 is 2.28 bits per heavy atom. The number of rotatable bonds is 9. The zero-order valence-corrected chi connectivity index (χ0v) is 23.4. The van der Waals surface area contributed by atoms with Gasteiger partial charge in [0.1, 0.15) is 10.7 Å². The summed E-state index contributed by atoms with van der Waals surface area (Å²) in [5, 5.41) is 11.5. The maximum atomic E-state index is 13.1. The molecule has 39 heavy (non-hydrogen) atoms. The number of thiazole rings is 1. The Bertz CT molecular complexity index is 1560. The number of amides is 2. The van der Waals surface area contributed by atoms with Gasteiger partial charge in [-0.1, -0.05) is 59.2 Å². The number of para-hydroxylation sites is 1. The summed E-state index contributed by atoms with van der Waals surface area (Å²) in [6.45, 7) is 3.89. The standard InChI is InChI=1S/C28H23BrN6O3S/c1-16(2)24(33-26(37)18-9-13-20(14-10-18)34-35-30)28-32-23(15-39-28)27(38)31-22-6-4-3-5-21(22)25(36)17-7-11-19(29)12-8-17/h3-16,24H,1-2H3,(H,31,38)(H,33,37). The predicted molar refractivity (Wildman–Crippen MR) is 154 cm³/mol. The predicted octanol–water partition coefficient (Wildman–Crippen LogP) is 7.46. The highest BCUT2D eigenvalue weighted by Crippen LogP contribution is 2.27. The first-order valence-electron chi connectivity index (χ1n) is 11.9. The molecule has 2 amide bonds. The van der Waals surface area contributed by atoms with Crippen LogP contribution in [0, 0.1) is 5.92 Å². The van der Waals surface area contributed by atoms with Gasteiger partial charge < -0.3 is 10.6 Å². The van der Waals surface area contributed by atoms with Crippen molar-refractivity contribution in [3.63, 3.8) is 0 Å². The van der Waals surface area contributed by atoms with Crippen molar-refractivity contribution >= 4 is 56.2 Å². The normalized spacial score (nSPS) is 11.4. The van der Waals surface area contributed by atoms with Gasteiger partial charge in [0.25, 0.3) is 11.8 Å². The fraction of sp³-hybridized carbons (Fsp3) is 0.143. The number of hydrogen-bond donors (Lipinski definition) is 2. The zero-order chi connectivity index (χ0) is 27.9. The van der Waals surface area contributed by atoms with Crippen LogP contribution < -0.4 is 10.6 Å². The molecule has 4 rings (SSSR count). The molecule has 0 fully saturated rings. The monoisotopic (exact) mass is 602 g/mol. The molecule has 4 aromatic rings. The lowest BCUT2D eigenvalue weighted by atomic mass is 10.0. The van der Waals surface area contributed by atoms with E-state index in [1.165, 1.54) is 11.3 Å². The highest BCUT2D eigenvalue weighted by Gasteiger charge is 2.24. The van der Waals surface area contributed by atoms with Gasteiger partial charge in [0, 0.05) is 37.1 Å². The van der Waals surface area contributed by atoms with Crippen molar-refractivity contribution in [1.29, 1.82) is 0 Å². The average Bonchev–Trinajstić information content (AvgIpc) is 3.42. The first-order valence-corrected chi connectivity index (χ1v) is 13.6. The number of carbonyl (C=O) groups excluding carboxylic acids is 3. The summed E-state index contributed by atoms with van der Waals surface area (Å²) in [5.74, 6) is -1.01. The highest BCUT2D eigenvalue weighted by molar-refractivity contribution is 9.10. The number of anilines is 1. The largest absolute Gasteiger partial charge is 0.343 e. The van der Waals surface area contributed by atoms with Gasteiger partial charge >= 0.3 is 0 Å². The Morgan fingerprint density at radius 2 is 1.62 bits per heavy atom. The SMILES string of the molecule is CC(C)C(NC(=O)c1ccc(N=[N+]=[N-])cc1)c1nc(C(=O)Nc2ccccc2C(=O)c2ccc(Br)cc2)cs1. The van der Waals surface area contributed by atoms with Crippen molar-refractivity contribution < 1.29 is 14.4 Å². The molecule has 9 nitrogen and oxygen atoms in total. The molecule has 1 unspecified atom stereocenters. The average molecular weight is 604 g/mol. The summed E-state index contributed by atoms with van der Waals surface area (Å²) in [5.41, 5.74) is 10.8. The summed E-state index contributed by atoms with van der Waals surface area (Å²) < 4.78 is 0.860. The summed E-state index contributed by atoms with van der Waals surface area (Å²) in [4.78, 5) is 46.3. The van der Waals surface area contributed by atoms with Crippen molar-refractivity contribution in [1.82, 2.24) is 10.3 Å². The molecule has 0 saturated carbocycles. The van der Waals surface area contributed by atoms with Crippen LogP contribution >= 0.6 is 27.3 Å². The minimum atomic E-state index is -0.462. The van der Waals surface area contributed by atoms with Crippen LogP contribution in [0.3, 0.4) is 0 Å². The fourth-order valence-electron chi connectivity index (χ4n) is 3.74. The zero-order valence-electron chi connectivity index (χ0n) is 21.0. The second kappa shape index (κ2) is 12.5. The topological polar surface area (TPSA) is 137 Å². The fourth-order valence-corrected chi connectivity index (χ4v) is 5.02. The molecular formula is C28H23BrN6O3S. The van der Waals surface area contributed by atoms with Crippen LogP contribution in [0.4, 0.5) is 11.4 Å². The number of nitrogens with zero attached hydrogens (tertiary/aromatic N) is 4. The smallest absolute Gasteiger partial charge is 0.275 e. The molecule has 0 aliphatic carbocycles. The van der Waals surface area contributed by atoms with E-state index in [4.69, 9.17) is 5.53 Å². The number of nitrogens with one attached hydrogen (secondary N) is 2. The molecule has 1 aromatic heterocycles. The molecule has 0 bridgehead atoms. The first kappa shape index (κ1) is 27.7. The Labute approximate surface area is 237 Å². The number of hydrogen-bond acceptors (Lipinski definition) is 6. The Kier molecular flexibility index (Phi) is 8.88. The highest BCUT2D eigenvalue weighted by atomic mass is 79.9. The van der Waals surface area contributed by atoms with Crippen LogP contribution in [-0.2, 0) is 0 Å². The van der Waals surface area contributed by atoms with Crippen LogP contribution in [-0.4, -0.2) is 22.6 Å². The molecule has 3 aromatic carbocycles. The van der Waals surface area contributed by atoms with Crippen LogP contribution in [0.25, 0.3) is 10.4 Å². The van der Waals surface area contributed by atoms with E-state index in [0.717, 1.165) is 4.47 Å². The van der Waals surface area contributed by atoms with Crippen LogP contribution in [0.2, 0.25) is 0 Å². The van der Waals surface area contributed by atoms with Crippen molar-refractivity contribution in [3.05, 3.63) is 120 Å². The van der Waals surface area contributed by atoms with Crippen molar-refractivity contribution in [3.8, 4) is 0 Å². The van der Waals surface area contributed by atoms with Gasteiger partial charge in [-0.2, -0.15) is 0 Å². The number of benzene rings is 3. The van der Waals surface area contributed by atoms with Gasteiger partial charge in [-0.3, -0.25) is 14.4 Å². The summed E-state index contributed by atoms with van der Waals surface area (Å²) in [7, 11) is 0. The van der Waals surface area contributed by atoms with E-state index < -0.39 is 11.9 Å². The molecule has 1 heterocycles.